The third-order valence-corrected chi connectivity index (χ3v) is 5.20. The van der Waals surface area contributed by atoms with Crippen LogP contribution in [0.5, 0.6) is 0 Å². The smallest absolute Gasteiger partial charge is 0.234 e. The van der Waals surface area contributed by atoms with Gasteiger partial charge in [0, 0.05) is 14.9 Å². The Hall–Kier alpha value is -1.87. The summed E-state index contributed by atoms with van der Waals surface area (Å²) in [5.41, 5.74) is 2.98. The van der Waals surface area contributed by atoms with Crippen molar-refractivity contribution in [2.75, 3.05) is 11.1 Å². The van der Waals surface area contributed by atoms with Crippen molar-refractivity contribution in [1.29, 1.82) is 0 Å². The Labute approximate surface area is 164 Å². The first-order chi connectivity index (χ1) is 12.0. The molecular weight excluding hydrogens is 447 g/mol. The number of halogens is 1. The molecule has 0 aliphatic heterocycles. The SMILES string of the molecule is Cc1ccc(-n2c(C)nnc2SCC(=O)Nc2ccc(I)cc2)cc1. The molecule has 5 nitrogen and oxygen atoms in total. The van der Waals surface area contributed by atoms with E-state index in [1.165, 1.54) is 17.3 Å². The number of rotatable bonds is 5. The fourth-order valence-corrected chi connectivity index (χ4v) is 3.45. The van der Waals surface area contributed by atoms with E-state index < -0.39 is 0 Å². The van der Waals surface area contributed by atoms with E-state index in [1.807, 2.05) is 66.9 Å². The van der Waals surface area contributed by atoms with Crippen molar-refractivity contribution in [3.05, 3.63) is 63.5 Å². The van der Waals surface area contributed by atoms with E-state index >= 15 is 0 Å². The Bertz CT molecular complexity index is 875. The van der Waals surface area contributed by atoms with Gasteiger partial charge in [0.2, 0.25) is 5.91 Å². The van der Waals surface area contributed by atoms with Crippen LogP contribution in [0.25, 0.3) is 5.69 Å². The summed E-state index contributed by atoms with van der Waals surface area (Å²) in [6.45, 7) is 3.95. The van der Waals surface area contributed by atoms with E-state index in [2.05, 4.69) is 38.1 Å². The molecule has 3 aromatic rings. The second kappa shape index (κ2) is 8.01. The van der Waals surface area contributed by atoms with E-state index in [-0.39, 0.29) is 11.7 Å². The molecule has 128 valence electrons. The first kappa shape index (κ1) is 17.9. The van der Waals surface area contributed by atoms with E-state index in [4.69, 9.17) is 0 Å². The zero-order valence-corrected chi connectivity index (χ0v) is 16.8. The van der Waals surface area contributed by atoms with Gasteiger partial charge in [0.1, 0.15) is 5.82 Å². The number of carbonyl (C=O) groups is 1. The van der Waals surface area contributed by atoms with E-state index in [1.54, 1.807) is 0 Å². The summed E-state index contributed by atoms with van der Waals surface area (Å²) in [5.74, 6) is 1.00. The van der Waals surface area contributed by atoms with Gasteiger partial charge in [0.15, 0.2) is 5.16 Å². The molecule has 0 bridgehead atoms. The van der Waals surface area contributed by atoms with Gasteiger partial charge in [0.05, 0.1) is 5.75 Å². The molecule has 1 heterocycles. The van der Waals surface area contributed by atoms with Gasteiger partial charge in [-0.05, 0) is 72.8 Å². The molecule has 7 heteroatoms. The lowest BCUT2D eigenvalue weighted by molar-refractivity contribution is -0.113. The lowest BCUT2D eigenvalue weighted by Crippen LogP contribution is -2.14. The van der Waals surface area contributed by atoms with Crippen molar-refractivity contribution < 1.29 is 4.79 Å². The van der Waals surface area contributed by atoms with Crippen molar-refractivity contribution in [3.8, 4) is 5.69 Å². The monoisotopic (exact) mass is 464 g/mol. The number of nitrogens with one attached hydrogen (secondary N) is 1. The Morgan fingerprint density at radius 3 is 2.44 bits per heavy atom. The zero-order chi connectivity index (χ0) is 17.8. The summed E-state index contributed by atoms with van der Waals surface area (Å²) in [5, 5.41) is 11.9. The minimum Gasteiger partial charge on any atom is -0.325 e. The average Bonchev–Trinajstić information content (AvgIpc) is 2.97. The predicted molar refractivity (Wildman–Crippen MR) is 109 cm³/mol. The number of aryl methyl sites for hydroxylation is 2. The molecule has 0 radical (unpaired) electrons. The zero-order valence-electron chi connectivity index (χ0n) is 13.9. The minimum absolute atomic E-state index is 0.0673. The van der Waals surface area contributed by atoms with Crippen LogP contribution in [-0.2, 0) is 4.79 Å². The lowest BCUT2D eigenvalue weighted by Gasteiger charge is -2.09. The number of thioether (sulfide) groups is 1. The number of nitrogens with zero attached hydrogens (tertiary/aromatic N) is 3. The van der Waals surface area contributed by atoms with Gasteiger partial charge in [-0.15, -0.1) is 10.2 Å². The predicted octanol–water partition coefficient (Wildman–Crippen LogP) is 4.22. The second-order valence-electron chi connectivity index (χ2n) is 5.54. The topological polar surface area (TPSA) is 59.8 Å². The van der Waals surface area contributed by atoms with Crippen molar-refractivity contribution in [1.82, 2.24) is 14.8 Å². The Morgan fingerprint density at radius 1 is 1.08 bits per heavy atom. The molecule has 0 atom stereocenters. The molecule has 0 spiro atoms. The van der Waals surface area contributed by atoms with Crippen LogP contribution in [0.2, 0.25) is 0 Å². The molecule has 0 aliphatic carbocycles. The Kier molecular flexibility index (Phi) is 5.74. The molecule has 0 fully saturated rings. The van der Waals surface area contributed by atoms with Crippen LogP contribution in [-0.4, -0.2) is 26.4 Å². The third kappa shape index (κ3) is 4.60. The minimum atomic E-state index is -0.0673. The van der Waals surface area contributed by atoms with Gasteiger partial charge in [-0.2, -0.15) is 0 Å². The van der Waals surface area contributed by atoms with Crippen LogP contribution in [0.3, 0.4) is 0 Å². The fourth-order valence-electron chi connectivity index (χ4n) is 2.29. The summed E-state index contributed by atoms with van der Waals surface area (Å²) in [7, 11) is 0. The number of anilines is 1. The van der Waals surface area contributed by atoms with Crippen molar-refractivity contribution in [2.45, 2.75) is 19.0 Å². The van der Waals surface area contributed by atoms with Gasteiger partial charge in [-0.25, -0.2) is 0 Å². The largest absolute Gasteiger partial charge is 0.325 e. The number of carbonyl (C=O) groups excluding carboxylic acids is 1. The Balaban J connectivity index is 1.68. The van der Waals surface area contributed by atoms with E-state index in [0.29, 0.717) is 5.16 Å². The van der Waals surface area contributed by atoms with Gasteiger partial charge < -0.3 is 5.32 Å². The number of amides is 1. The molecule has 1 aromatic heterocycles. The van der Waals surface area contributed by atoms with Crippen LogP contribution < -0.4 is 5.32 Å². The molecular formula is C18H17IN4OS. The van der Waals surface area contributed by atoms with E-state index in [9.17, 15) is 4.79 Å². The molecule has 0 aliphatic rings. The normalized spacial score (nSPS) is 10.7. The molecule has 1 N–H and O–H groups in total. The maximum atomic E-state index is 12.2. The van der Waals surface area contributed by atoms with Crippen LogP contribution in [0, 0.1) is 17.4 Å². The highest BCUT2D eigenvalue weighted by molar-refractivity contribution is 14.1. The highest BCUT2D eigenvalue weighted by Crippen LogP contribution is 2.22. The maximum absolute atomic E-state index is 12.2. The standard InChI is InChI=1S/C18H17IN4OS/c1-12-3-9-16(10-4-12)23-13(2)21-22-18(23)25-11-17(24)20-15-7-5-14(19)6-8-15/h3-10H,11H2,1-2H3,(H,20,24). The molecule has 3 rings (SSSR count). The van der Waals surface area contributed by atoms with Gasteiger partial charge in [-0.3, -0.25) is 9.36 Å². The van der Waals surface area contributed by atoms with Crippen LogP contribution in [0.4, 0.5) is 5.69 Å². The van der Waals surface area contributed by atoms with Crippen molar-refractivity contribution >= 4 is 45.9 Å². The van der Waals surface area contributed by atoms with Crippen LogP contribution in [0.15, 0.2) is 53.7 Å². The fraction of sp³-hybridized carbons (Fsp3) is 0.167. The molecule has 1 amide bonds. The molecule has 0 unspecified atom stereocenters. The molecule has 25 heavy (non-hydrogen) atoms. The highest BCUT2D eigenvalue weighted by Gasteiger charge is 2.13. The molecule has 2 aromatic carbocycles. The molecule has 0 saturated heterocycles. The lowest BCUT2D eigenvalue weighted by atomic mass is 10.2. The first-order valence-corrected chi connectivity index (χ1v) is 9.76. The summed E-state index contributed by atoms with van der Waals surface area (Å²) in [6.07, 6.45) is 0. The van der Waals surface area contributed by atoms with Crippen molar-refractivity contribution in [2.24, 2.45) is 0 Å². The number of benzene rings is 2. The highest BCUT2D eigenvalue weighted by atomic mass is 127. The maximum Gasteiger partial charge on any atom is 0.234 e. The molecule has 0 saturated carbocycles. The summed E-state index contributed by atoms with van der Waals surface area (Å²) in [6, 6.07) is 15.9. The second-order valence-corrected chi connectivity index (χ2v) is 7.73. The van der Waals surface area contributed by atoms with Crippen molar-refractivity contribution in [3.63, 3.8) is 0 Å². The summed E-state index contributed by atoms with van der Waals surface area (Å²) in [4.78, 5) is 12.2. The number of hydrogen-bond donors (Lipinski definition) is 1. The third-order valence-electron chi connectivity index (χ3n) is 3.55. The number of hydrogen-bond acceptors (Lipinski definition) is 4. The Morgan fingerprint density at radius 2 is 1.76 bits per heavy atom. The van der Waals surface area contributed by atoms with Crippen LogP contribution >= 0.6 is 34.4 Å². The van der Waals surface area contributed by atoms with Gasteiger partial charge >= 0.3 is 0 Å². The van der Waals surface area contributed by atoms with Gasteiger partial charge in [-0.1, -0.05) is 29.5 Å². The van der Waals surface area contributed by atoms with Gasteiger partial charge in [0.25, 0.3) is 0 Å². The van der Waals surface area contributed by atoms with Crippen LogP contribution in [0.1, 0.15) is 11.4 Å². The summed E-state index contributed by atoms with van der Waals surface area (Å²) < 4.78 is 3.09. The van der Waals surface area contributed by atoms with E-state index in [0.717, 1.165) is 20.8 Å². The number of aromatic nitrogens is 3. The quantitative estimate of drug-likeness (QED) is 0.454. The average molecular weight is 464 g/mol. The first-order valence-electron chi connectivity index (χ1n) is 7.70. The summed E-state index contributed by atoms with van der Waals surface area (Å²) >= 11 is 3.61.